The molecule has 2 heteroatoms. The van der Waals surface area contributed by atoms with Gasteiger partial charge in [0, 0.05) is 33.3 Å². The van der Waals surface area contributed by atoms with E-state index in [0.717, 1.165) is 16.9 Å². The van der Waals surface area contributed by atoms with Crippen LogP contribution in [0, 0.1) is 6.92 Å². The number of aryl methyl sites for hydroxylation is 1. The molecule has 0 radical (unpaired) electrons. The van der Waals surface area contributed by atoms with Crippen molar-refractivity contribution in [3.8, 4) is 11.3 Å². The smallest absolute Gasteiger partial charge is 0.139 e. The summed E-state index contributed by atoms with van der Waals surface area (Å²) in [5.41, 5.74) is 9.21. The van der Waals surface area contributed by atoms with Crippen LogP contribution in [0.2, 0.25) is 0 Å². The highest BCUT2D eigenvalue weighted by atomic mass is 16.3. The minimum atomic E-state index is -0.209. The van der Waals surface area contributed by atoms with Crippen molar-refractivity contribution in [3.05, 3.63) is 77.0 Å². The number of rotatable bonds is 1. The maximum absolute atomic E-state index is 6.49. The molecule has 0 spiro atoms. The van der Waals surface area contributed by atoms with Gasteiger partial charge < -0.3 is 4.42 Å². The van der Waals surface area contributed by atoms with Crippen LogP contribution < -0.4 is 0 Å². The van der Waals surface area contributed by atoms with Crippen LogP contribution in [-0.2, 0) is 5.41 Å². The Labute approximate surface area is 176 Å². The summed E-state index contributed by atoms with van der Waals surface area (Å²) in [6, 6.07) is 17.7. The third-order valence-corrected chi connectivity index (χ3v) is 6.90. The lowest BCUT2D eigenvalue weighted by Crippen LogP contribution is -2.21. The van der Waals surface area contributed by atoms with Gasteiger partial charge in [-0.15, -0.1) is 0 Å². The molecule has 3 aromatic carbocycles. The molecule has 5 aromatic rings. The van der Waals surface area contributed by atoms with Crippen molar-refractivity contribution in [1.29, 1.82) is 0 Å². The molecule has 0 atom stereocenters. The first-order valence-corrected chi connectivity index (χ1v) is 10.8. The molecule has 1 aliphatic rings. The molecular weight excluding hydrogens is 366 g/mol. The van der Waals surface area contributed by atoms with Gasteiger partial charge in [-0.25, -0.2) is 0 Å². The van der Waals surface area contributed by atoms with Gasteiger partial charge in [0.2, 0.25) is 0 Å². The standard InChI is InChI=1S/C28H25NO/c1-15(2)18-11-12-21-24-23-19(7-6-8-22(23)30-27(18)24)26-25(28(21,4)5)20-13-16(3)9-10-17(20)14-29-26/h6-15H,1-5H3. The third kappa shape index (κ3) is 2.11. The Morgan fingerprint density at radius 3 is 2.60 bits per heavy atom. The molecule has 2 aromatic heterocycles. The molecule has 0 saturated carbocycles. The molecule has 148 valence electrons. The number of pyridine rings is 1. The number of benzene rings is 3. The highest BCUT2D eigenvalue weighted by Gasteiger charge is 2.36. The summed E-state index contributed by atoms with van der Waals surface area (Å²) in [5.74, 6) is 0.401. The first-order chi connectivity index (χ1) is 14.4. The number of nitrogens with zero attached hydrogens (tertiary/aromatic N) is 1. The highest BCUT2D eigenvalue weighted by Crippen LogP contribution is 2.51. The van der Waals surface area contributed by atoms with Gasteiger partial charge in [0.15, 0.2) is 0 Å². The second-order valence-electron chi connectivity index (χ2n) is 9.54. The summed E-state index contributed by atoms with van der Waals surface area (Å²) in [5, 5.41) is 4.96. The van der Waals surface area contributed by atoms with Gasteiger partial charge in [0.25, 0.3) is 0 Å². The number of fused-ring (bicyclic) bond motifs is 4. The van der Waals surface area contributed by atoms with Gasteiger partial charge in [-0.1, -0.05) is 75.7 Å². The van der Waals surface area contributed by atoms with E-state index in [1.54, 1.807) is 0 Å². The quantitative estimate of drug-likeness (QED) is 0.290. The van der Waals surface area contributed by atoms with Gasteiger partial charge in [-0.2, -0.15) is 0 Å². The largest absolute Gasteiger partial charge is 0.456 e. The van der Waals surface area contributed by atoms with Crippen LogP contribution >= 0.6 is 0 Å². The van der Waals surface area contributed by atoms with Crippen LogP contribution in [0.4, 0.5) is 0 Å². The second-order valence-corrected chi connectivity index (χ2v) is 9.54. The third-order valence-electron chi connectivity index (χ3n) is 6.90. The summed E-state index contributed by atoms with van der Waals surface area (Å²) in [4.78, 5) is 5.02. The van der Waals surface area contributed by atoms with E-state index in [1.807, 2.05) is 6.20 Å². The van der Waals surface area contributed by atoms with Gasteiger partial charge in [-0.05, 0) is 41.0 Å². The van der Waals surface area contributed by atoms with Crippen LogP contribution in [-0.4, -0.2) is 4.98 Å². The minimum absolute atomic E-state index is 0.209. The van der Waals surface area contributed by atoms with Crippen molar-refractivity contribution in [2.75, 3.05) is 0 Å². The molecule has 30 heavy (non-hydrogen) atoms. The maximum atomic E-state index is 6.49. The molecule has 2 nitrogen and oxygen atoms in total. The van der Waals surface area contributed by atoms with Crippen molar-refractivity contribution in [3.63, 3.8) is 0 Å². The summed E-state index contributed by atoms with van der Waals surface area (Å²) >= 11 is 0. The Bertz CT molecular complexity index is 1500. The lowest BCUT2D eigenvalue weighted by Gasteiger charge is -2.29. The van der Waals surface area contributed by atoms with E-state index >= 15 is 0 Å². The monoisotopic (exact) mass is 391 g/mol. The Morgan fingerprint density at radius 1 is 0.967 bits per heavy atom. The first kappa shape index (κ1) is 17.7. The van der Waals surface area contributed by atoms with Crippen molar-refractivity contribution in [1.82, 2.24) is 4.98 Å². The van der Waals surface area contributed by atoms with E-state index in [0.29, 0.717) is 5.92 Å². The molecule has 0 aliphatic heterocycles. The topological polar surface area (TPSA) is 26.0 Å². The number of hydrogen-bond donors (Lipinski definition) is 0. The van der Waals surface area contributed by atoms with E-state index in [1.165, 1.54) is 49.4 Å². The Balaban J connectivity index is 1.90. The van der Waals surface area contributed by atoms with E-state index < -0.39 is 0 Å². The van der Waals surface area contributed by atoms with E-state index in [9.17, 15) is 0 Å². The van der Waals surface area contributed by atoms with Crippen molar-refractivity contribution >= 4 is 32.7 Å². The molecule has 6 rings (SSSR count). The second kappa shape index (κ2) is 5.72. The first-order valence-electron chi connectivity index (χ1n) is 10.8. The lowest BCUT2D eigenvalue weighted by molar-refractivity contribution is 0.640. The highest BCUT2D eigenvalue weighted by molar-refractivity contribution is 6.17. The molecule has 2 heterocycles. The van der Waals surface area contributed by atoms with Crippen LogP contribution in [0.25, 0.3) is 44.0 Å². The molecule has 0 bridgehead atoms. The molecule has 0 saturated heterocycles. The average Bonchev–Trinajstić information content (AvgIpc) is 3.07. The van der Waals surface area contributed by atoms with Gasteiger partial charge in [0.05, 0.1) is 5.69 Å². The predicted octanol–water partition coefficient (Wildman–Crippen LogP) is 7.87. The van der Waals surface area contributed by atoms with Crippen LogP contribution in [0.15, 0.2) is 59.1 Å². The molecule has 0 N–H and O–H groups in total. The molecule has 0 amide bonds. The Hall–Kier alpha value is -3.13. The minimum Gasteiger partial charge on any atom is -0.456 e. The normalized spacial score (nSPS) is 14.7. The van der Waals surface area contributed by atoms with Gasteiger partial charge >= 0.3 is 0 Å². The summed E-state index contributed by atoms with van der Waals surface area (Å²) in [7, 11) is 0. The van der Waals surface area contributed by atoms with Crippen molar-refractivity contribution < 1.29 is 4.42 Å². The van der Waals surface area contributed by atoms with Crippen LogP contribution in [0.3, 0.4) is 0 Å². The van der Waals surface area contributed by atoms with Gasteiger partial charge in [0.1, 0.15) is 11.2 Å². The fraction of sp³-hybridized carbons (Fsp3) is 0.250. The van der Waals surface area contributed by atoms with Crippen LogP contribution in [0.5, 0.6) is 0 Å². The maximum Gasteiger partial charge on any atom is 0.139 e. The lowest BCUT2D eigenvalue weighted by atomic mass is 9.74. The number of aromatic nitrogens is 1. The van der Waals surface area contributed by atoms with Gasteiger partial charge in [-0.3, -0.25) is 4.98 Å². The SMILES string of the molecule is Cc1ccc2cnc3c(c2c1)C(C)(C)c1ccc(C(C)C)c2oc4cccc-3c4c12. The summed E-state index contributed by atoms with van der Waals surface area (Å²) in [6.07, 6.45) is 2.02. The van der Waals surface area contributed by atoms with E-state index in [-0.39, 0.29) is 5.41 Å². The molecular formula is C28H25NO. The molecule has 0 fully saturated rings. The summed E-state index contributed by atoms with van der Waals surface area (Å²) in [6.45, 7) is 11.3. The zero-order chi connectivity index (χ0) is 20.8. The van der Waals surface area contributed by atoms with Crippen LogP contribution in [0.1, 0.15) is 55.9 Å². The fourth-order valence-electron chi connectivity index (χ4n) is 5.41. The summed E-state index contributed by atoms with van der Waals surface area (Å²) < 4.78 is 6.49. The predicted molar refractivity (Wildman–Crippen MR) is 125 cm³/mol. The zero-order valence-electron chi connectivity index (χ0n) is 18.1. The number of hydrogen-bond acceptors (Lipinski definition) is 2. The van der Waals surface area contributed by atoms with E-state index in [4.69, 9.17) is 9.40 Å². The Morgan fingerprint density at radius 2 is 1.80 bits per heavy atom. The van der Waals surface area contributed by atoms with E-state index in [2.05, 4.69) is 83.1 Å². The molecule has 1 aliphatic carbocycles. The number of furan rings is 1. The fourth-order valence-corrected chi connectivity index (χ4v) is 5.41. The molecule has 0 unspecified atom stereocenters. The van der Waals surface area contributed by atoms with Crippen molar-refractivity contribution in [2.45, 2.75) is 46.0 Å². The average molecular weight is 392 g/mol. The van der Waals surface area contributed by atoms with Crippen molar-refractivity contribution in [2.24, 2.45) is 0 Å². The Kier molecular flexibility index (Phi) is 3.38. The zero-order valence-corrected chi connectivity index (χ0v) is 18.1.